The van der Waals surface area contributed by atoms with Gasteiger partial charge in [0.2, 0.25) is 0 Å². The molecule has 1 heterocycles. The third kappa shape index (κ3) is 8.01. The molecule has 0 amide bonds. The van der Waals surface area contributed by atoms with Gasteiger partial charge in [-0.2, -0.15) is 0 Å². The highest BCUT2D eigenvalue weighted by Gasteiger charge is 2.53. The first-order valence-corrected chi connectivity index (χ1v) is 13.1. The van der Waals surface area contributed by atoms with Crippen molar-refractivity contribution in [1.82, 2.24) is 0 Å². The Bertz CT molecular complexity index is 1370. The minimum atomic E-state index is -1.37. The van der Waals surface area contributed by atoms with E-state index in [0.29, 0.717) is 22.4 Å². The summed E-state index contributed by atoms with van der Waals surface area (Å²) < 4.78 is 44.3. The normalized spacial score (nSPS) is 21.1. The van der Waals surface area contributed by atoms with Gasteiger partial charge in [0, 0.05) is 44.9 Å². The van der Waals surface area contributed by atoms with Gasteiger partial charge in [-0.05, 0) is 23.8 Å². The Labute approximate surface area is 248 Å². The third-order valence-corrected chi connectivity index (χ3v) is 6.44. The number of methoxy groups -OCH3 is 3. The van der Waals surface area contributed by atoms with Gasteiger partial charge in [0.15, 0.2) is 18.3 Å². The summed E-state index contributed by atoms with van der Waals surface area (Å²) in [5.74, 6) is -2.81. The molecule has 0 aromatic heterocycles. The van der Waals surface area contributed by atoms with Crippen LogP contribution in [0.5, 0.6) is 11.5 Å². The summed E-state index contributed by atoms with van der Waals surface area (Å²) >= 11 is 0. The number of hydrogen-bond donors (Lipinski definition) is 0. The topological polar surface area (TPSA) is 159 Å². The van der Waals surface area contributed by atoms with Gasteiger partial charge < -0.3 is 37.9 Å². The van der Waals surface area contributed by atoms with Crippen LogP contribution in [0.1, 0.15) is 49.7 Å². The van der Waals surface area contributed by atoms with Crippen molar-refractivity contribution in [3.63, 3.8) is 0 Å². The number of carbonyl (C=O) groups excluding carboxylic acids is 5. The fraction of sp³-hybridized carbons (Fsp3) is 0.433. The van der Waals surface area contributed by atoms with Gasteiger partial charge in [-0.25, -0.2) is 4.79 Å². The second kappa shape index (κ2) is 14.5. The van der Waals surface area contributed by atoms with Gasteiger partial charge in [0.05, 0.1) is 26.9 Å². The van der Waals surface area contributed by atoms with Crippen LogP contribution in [0.25, 0.3) is 11.1 Å². The van der Waals surface area contributed by atoms with Gasteiger partial charge in [0.25, 0.3) is 0 Å². The highest BCUT2D eigenvalue weighted by molar-refractivity contribution is 5.91. The molecule has 5 atom stereocenters. The second-order valence-electron chi connectivity index (χ2n) is 9.49. The summed E-state index contributed by atoms with van der Waals surface area (Å²) in [7, 11) is 4.13. The molecule has 3 rings (SSSR count). The zero-order chi connectivity index (χ0) is 31.8. The molecule has 43 heavy (non-hydrogen) atoms. The molecular weight excluding hydrogens is 568 g/mol. The average molecular weight is 603 g/mol. The summed E-state index contributed by atoms with van der Waals surface area (Å²) in [6.07, 6.45) is -6.41. The zero-order valence-electron chi connectivity index (χ0n) is 24.9. The van der Waals surface area contributed by atoms with Crippen LogP contribution in [-0.2, 0) is 47.6 Å². The van der Waals surface area contributed by atoms with E-state index in [1.807, 2.05) is 0 Å². The van der Waals surface area contributed by atoms with Crippen molar-refractivity contribution in [3.05, 3.63) is 47.5 Å². The minimum absolute atomic E-state index is 0.241. The Hall–Kier alpha value is -4.65. The number of esters is 5. The minimum Gasteiger partial charge on any atom is -0.496 e. The quantitative estimate of drug-likeness (QED) is 0.289. The second-order valence-corrected chi connectivity index (χ2v) is 9.49. The molecule has 2 aromatic rings. The van der Waals surface area contributed by atoms with E-state index in [1.54, 1.807) is 36.4 Å². The molecule has 232 valence electrons. The smallest absolute Gasteiger partial charge is 0.337 e. The van der Waals surface area contributed by atoms with Crippen LogP contribution in [0.2, 0.25) is 0 Å². The van der Waals surface area contributed by atoms with Crippen molar-refractivity contribution < 1.29 is 61.9 Å². The molecule has 1 aliphatic heterocycles. The molecule has 0 saturated carbocycles. The number of carbonyl (C=O) groups is 5. The van der Waals surface area contributed by atoms with Crippen LogP contribution in [-0.4, -0.2) is 82.2 Å². The standard InChI is InChI=1S/C30H34O13/c1-15(31)39-14-25-27(40-16(2)32)29(42-18(4)34)28(41-17(3)33)26(43-25)22-12-21(23(36-5)13-24(22)37-6)19-9-8-10-20(11-19)30(35)38-7/h8-13,25-29H,14H2,1-7H3/t25-,26+,27+,28+,29+/m1/s1. The van der Waals surface area contributed by atoms with Crippen molar-refractivity contribution in [3.8, 4) is 22.6 Å². The Morgan fingerprint density at radius 3 is 1.88 bits per heavy atom. The highest BCUT2D eigenvalue weighted by Crippen LogP contribution is 2.45. The van der Waals surface area contributed by atoms with E-state index in [-0.39, 0.29) is 17.9 Å². The summed E-state index contributed by atoms with van der Waals surface area (Å²) in [5.41, 5.74) is 1.66. The van der Waals surface area contributed by atoms with Crippen LogP contribution in [0, 0.1) is 0 Å². The summed E-state index contributed by atoms with van der Waals surface area (Å²) in [5, 5.41) is 0. The molecule has 0 radical (unpaired) electrons. The van der Waals surface area contributed by atoms with Crippen molar-refractivity contribution in [2.75, 3.05) is 27.9 Å². The Balaban J connectivity index is 2.27. The molecule has 0 unspecified atom stereocenters. The summed E-state index contributed by atoms with van der Waals surface area (Å²) in [6.45, 7) is 4.24. The maximum atomic E-state index is 12.3. The lowest BCUT2D eigenvalue weighted by Gasteiger charge is -2.44. The number of benzene rings is 2. The lowest BCUT2D eigenvalue weighted by molar-refractivity contribution is -0.254. The van der Waals surface area contributed by atoms with Crippen molar-refractivity contribution in [1.29, 1.82) is 0 Å². The molecule has 0 spiro atoms. The number of ether oxygens (including phenoxy) is 8. The fourth-order valence-electron chi connectivity index (χ4n) is 4.78. The summed E-state index contributed by atoms with van der Waals surface area (Å²) in [4.78, 5) is 60.6. The van der Waals surface area contributed by atoms with Crippen LogP contribution in [0.3, 0.4) is 0 Å². The van der Waals surface area contributed by atoms with E-state index in [0.717, 1.165) is 20.8 Å². The molecule has 1 saturated heterocycles. The Morgan fingerprint density at radius 1 is 0.721 bits per heavy atom. The molecule has 0 aliphatic carbocycles. The fourth-order valence-corrected chi connectivity index (χ4v) is 4.78. The van der Waals surface area contributed by atoms with Crippen LogP contribution < -0.4 is 9.47 Å². The maximum Gasteiger partial charge on any atom is 0.337 e. The third-order valence-electron chi connectivity index (χ3n) is 6.44. The molecule has 0 bridgehead atoms. The van der Waals surface area contributed by atoms with Crippen molar-refractivity contribution in [2.24, 2.45) is 0 Å². The van der Waals surface area contributed by atoms with Crippen molar-refractivity contribution in [2.45, 2.75) is 58.2 Å². The maximum absolute atomic E-state index is 12.3. The first-order valence-electron chi connectivity index (χ1n) is 13.1. The highest BCUT2D eigenvalue weighted by atomic mass is 16.7. The number of rotatable bonds is 10. The molecule has 1 aliphatic rings. The van der Waals surface area contributed by atoms with Crippen LogP contribution in [0.4, 0.5) is 0 Å². The van der Waals surface area contributed by atoms with E-state index in [9.17, 15) is 24.0 Å². The predicted octanol–water partition coefficient (Wildman–Crippen LogP) is 2.96. The molecule has 2 aromatic carbocycles. The van der Waals surface area contributed by atoms with E-state index in [2.05, 4.69) is 0 Å². The van der Waals surface area contributed by atoms with Gasteiger partial charge >= 0.3 is 29.8 Å². The van der Waals surface area contributed by atoms with E-state index >= 15 is 0 Å². The Kier molecular flexibility index (Phi) is 11.1. The molecule has 13 nitrogen and oxygen atoms in total. The molecule has 0 N–H and O–H groups in total. The van der Waals surface area contributed by atoms with E-state index in [4.69, 9.17) is 37.9 Å². The van der Waals surface area contributed by atoms with Crippen LogP contribution in [0.15, 0.2) is 36.4 Å². The SMILES string of the molecule is COC(=O)c1cccc(-c2cc([C@@H]3O[C@H](COC(C)=O)[C@H](OC(C)=O)[C@H](OC(C)=O)[C@H]3OC(C)=O)c(OC)cc2OC)c1. The van der Waals surface area contributed by atoms with Gasteiger partial charge in [0.1, 0.15) is 30.3 Å². The zero-order valence-corrected chi connectivity index (χ0v) is 24.9. The van der Waals surface area contributed by atoms with Gasteiger partial charge in [-0.15, -0.1) is 0 Å². The van der Waals surface area contributed by atoms with E-state index < -0.39 is 60.4 Å². The Morgan fingerprint density at radius 2 is 1.33 bits per heavy atom. The first kappa shape index (κ1) is 32.9. The first-order chi connectivity index (χ1) is 20.4. The largest absolute Gasteiger partial charge is 0.496 e. The van der Waals surface area contributed by atoms with E-state index in [1.165, 1.54) is 28.3 Å². The van der Waals surface area contributed by atoms with Crippen LogP contribution >= 0.6 is 0 Å². The predicted molar refractivity (Wildman–Crippen MR) is 147 cm³/mol. The average Bonchev–Trinajstić information content (AvgIpc) is 2.96. The number of hydrogen-bond acceptors (Lipinski definition) is 13. The lowest BCUT2D eigenvalue weighted by Crippen LogP contribution is -2.59. The molecule has 13 heteroatoms. The summed E-state index contributed by atoms with van der Waals surface area (Å²) in [6, 6.07) is 9.82. The molecule has 1 fully saturated rings. The monoisotopic (exact) mass is 602 g/mol. The van der Waals surface area contributed by atoms with Crippen molar-refractivity contribution >= 4 is 29.8 Å². The van der Waals surface area contributed by atoms with Gasteiger partial charge in [-0.1, -0.05) is 12.1 Å². The lowest BCUT2D eigenvalue weighted by atomic mass is 9.88. The van der Waals surface area contributed by atoms with Gasteiger partial charge in [-0.3, -0.25) is 19.2 Å². The molecular formula is C30H34O13.